The fourth-order valence-electron chi connectivity index (χ4n) is 2.63. The molecule has 0 radical (unpaired) electrons. The van der Waals surface area contributed by atoms with E-state index in [1.165, 1.54) is 0 Å². The lowest BCUT2D eigenvalue weighted by Crippen LogP contribution is -2.55. The second kappa shape index (κ2) is 4.80. The van der Waals surface area contributed by atoms with Crippen LogP contribution in [0.5, 0.6) is 0 Å². The zero-order valence-electron chi connectivity index (χ0n) is 9.73. The summed E-state index contributed by atoms with van der Waals surface area (Å²) in [5.41, 5.74) is -0.668. The largest absolute Gasteiger partial charge is 0.358 e. The van der Waals surface area contributed by atoms with Crippen LogP contribution in [0.3, 0.4) is 0 Å². The lowest BCUT2D eigenvalue weighted by Gasteiger charge is -2.35. The Kier molecular flexibility index (Phi) is 4.27. The lowest BCUT2D eigenvalue weighted by molar-refractivity contribution is -0.000160. The van der Waals surface area contributed by atoms with Crippen molar-refractivity contribution in [2.75, 3.05) is 12.4 Å². The molecule has 4 nitrogen and oxygen atoms in total. The molecule has 0 aromatic rings. The van der Waals surface area contributed by atoms with Crippen LogP contribution < -0.4 is 5.32 Å². The van der Waals surface area contributed by atoms with Gasteiger partial charge in [0.15, 0.2) is 9.84 Å². The van der Waals surface area contributed by atoms with Crippen LogP contribution >= 0.6 is 12.4 Å². The molecule has 3 unspecified atom stereocenters. The molecule has 2 aliphatic heterocycles. The smallest absolute Gasteiger partial charge is 0.157 e. The fraction of sp³-hybridized carbons (Fsp3) is 1.00. The third-order valence-corrected chi connectivity index (χ3v) is 5.77. The highest BCUT2D eigenvalue weighted by molar-refractivity contribution is 7.92. The minimum Gasteiger partial charge on any atom is -0.358 e. The van der Waals surface area contributed by atoms with Crippen molar-refractivity contribution in [1.82, 2.24) is 5.32 Å². The summed E-state index contributed by atoms with van der Waals surface area (Å²) in [6.45, 7) is 4.48. The molecule has 2 fully saturated rings. The lowest BCUT2D eigenvalue weighted by atomic mass is 10.1. The van der Waals surface area contributed by atoms with Crippen molar-refractivity contribution >= 4 is 22.2 Å². The number of sulfone groups is 1. The Labute approximate surface area is 103 Å². The molecule has 2 heterocycles. The van der Waals surface area contributed by atoms with Crippen LogP contribution in [0.2, 0.25) is 0 Å². The van der Waals surface area contributed by atoms with Crippen molar-refractivity contribution in [1.29, 1.82) is 0 Å². The summed E-state index contributed by atoms with van der Waals surface area (Å²) in [6.07, 6.45) is 2.50. The molecule has 2 saturated heterocycles. The summed E-state index contributed by atoms with van der Waals surface area (Å²) in [7, 11) is -2.98. The Hall–Kier alpha value is 0.160. The number of halogens is 1. The monoisotopic (exact) mass is 269 g/mol. The molecule has 0 spiro atoms. The molecule has 6 heteroatoms. The van der Waals surface area contributed by atoms with Gasteiger partial charge in [0.2, 0.25) is 0 Å². The quantitative estimate of drug-likeness (QED) is 0.775. The van der Waals surface area contributed by atoms with Gasteiger partial charge in [0.05, 0.1) is 12.4 Å². The van der Waals surface area contributed by atoms with Gasteiger partial charge in [-0.2, -0.15) is 0 Å². The second-order valence-corrected chi connectivity index (χ2v) is 7.12. The third-order valence-electron chi connectivity index (χ3n) is 3.36. The first-order valence-corrected chi connectivity index (χ1v) is 7.29. The summed E-state index contributed by atoms with van der Waals surface area (Å²) in [5, 5.41) is 2.88. The van der Waals surface area contributed by atoms with Gasteiger partial charge in [0.25, 0.3) is 0 Å². The van der Waals surface area contributed by atoms with Gasteiger partial charge in [-0.3, -0.25) is 5.32 Å². The average Bonchev–Trinajstić information content (AvgIpc) is 2.46. The van der Waals surface area contributed by atoms with Gasteiger partial charge >= 0.3 is 0 Å². The number of hydrogen-bond donors (Lipinski definition) is 1. The van der Waals surface area contributed by atoms with Crippen molar-refractivity contribution in [3.05, 3.63) is 0 Å². The highest BCUT2D eigenvalue weighted by Gasteiger charge is 2.48. The van der Waals surface area contributed by atoms with Gasteiger partial charge in [-0.05, 0) is 26.7 Å². The van der Waals surface area contributed by atoms with Gasteiger partial charge in [0.1, 0.15) is 11.0 Å². The number of rotatable bonds is 1. The van der Waals surface area contributed by atoms with Crippen LogP contribution in [0, 0.1) is 0 Å². The molecule has 0 aliphatic carbocycles. The molecule has 0 bridgehead atoms. The summed E-state index contributed by atoms with van der Waals surface area (Å²) in [6, 6.07) is 0.243. The van der Waals surface area contributed by atoms with Crippen LogP contribution in [0.4, 0.5) is 0 Å². The summed E-state index contributed by atoms with van der Waals surface area (Å²) in [5.74, 6) is 0.312. The van der Waals surface area contributed by atoms with Gasteiger partial charge < -0.3 is 4.74 Å². The van der Waals surface area contributed by atoms with E-state index in [4.69, 9.17) is 4.74 Å². The topological polar surface area (TPSA) is 55.4 Å². The van der Waals surface area contributed by atoms with E-state index in [1.54, 1.807) is 0 Å². The van der Waals surface area contributed by atoms with Gasteiger partial charge in [-0.1, -0.05) is 6.42 Å². The molecule has 96 valence electrons. The minimum absolute atomic E-state index is 0. The molecule has 2 rings (SSSR count). The molecule has 0 saturated carbocycles. The second-order valence-electron chi connectivity index (χ2n) is 4.81. The Morgan fingerprint density at radius 3 is 2.56 bits per heavy atom. The van der Waals surface area contributed by atoms with Gasteiger partial charge in [-0.15, -0.1) is 12.4 Å². The van der Waals surface area contributed by atoms with Crippen LogP contribution in [-0.2, 0) is 14.6 Å². The van der Waals surface area contributed by atoms with Gasteiger partial charge in [-0.25, -0.2) is 8.42 Å². The molecule has 3 atom stereocenters. The standard InChI is InChI=1S/C10H19NO3S.ClH/c1-8-7-14-10(2,11-8)9-5-3-4-6-15(9,12)13;/h8-9,11H,3-7H2,1-2H3;1H. The molecule has 0 aromatic carbocycles. The Balaban J connectivity index is 0.00000128. The van der Waals surface area contributed by atoms with Gasteiger partial charge in [0, 0.05) is 6.04 Å². The van der Waals surface area contributed by atoms with E-state index < -0.39 is 15.6 Å². The normalized spacial score (nSPS) is 42.6. The van der Waals surface area contributed by atoms with Crippen molar-refractivity contribution in [3.63, 3.8) is 0 Å². The molecular weight excluding hydrogens is 250 g/mol. The maximum atomic E-state index is 12.0. The van der Waals surface area contributed by atoms with E-state index in [1.807, 2.05) is 13.8 Å². The summed E-state index contributed by atoms with van der Waals surface area (Å²) >= 11 is 0. The van der Waals surface area contributed by atoms with E-state index in [9.17, 15) is 8.42 Å². The van der Waals surface area contributed by atoms with Crippen molar-refractivity contribution in [3.8, 4) is 0 Å². The number of hydrogen-bond acceptors (Lipinski definition) is 4. The highest BCUT2D eigenvalue weighted by atomic mass is 35.5. The minimum atomic E-state index is -2.98. The summed E-state index contributed by atoms with van der Waals surface area (Å²) in [4.78, 5) is 0. The maximum Gasteiger partial charge on any atom is 0.157 e. The van der Waals surface area contributed by atoms with E-state index in [0.29, 0.717) is 12.4 Å². The molecular formula is C10H20ClNO3S. The SMILES string of the molecule is CC1COC(C)(C2CCCCS2(=O)=O)N1.Cl. The molecule has 0 aromatic heterocycles. The van der Waals surface area contributed by atoms with Crippen molar-refractivity contribution in [2.24, 2.45) is 0 Å². The molecule has 1 N–H and O–H groups in total. The Bertz CT molecular complexity index is 346. The number of ether oxygens (including phenoxy) is 1. The third kappa shape index (κ3) is 2.53. The Morgan fingerprint density at radius 1 is 1.38 bits per heavy atom. The predicted octanol–water partition coefficient (Wildman–Crippen LogP) is 1.10. The van der Waals surface area contributed by atoms with Crippen molar-refractivity contribution in [2.45, 2.75) is 50.1 Å². The van der Waals surface area contributed by atoms with Crippen LogP contribution in [0.1, 0.15) is 33.1 Å². The van der Waals surface area contributed by atoms with E-state index >= 15 is 0 Å². The average molecular weight is 270 g/mol. The first-order chi connectivity index (χ1) is 6.94. The van der Waals surface area contributed by atoms with Crippen LogP contribution in [0.25, 0.3) is 0 Å². The van der Waals surface area contributed by atoms with Crippen LogP contribution in [0.15, 0.2) is 0 Å². The first kappa shape index (κ1) is 14.2. The molecule has 16 heavy (non-hydrogen) atoms. The summed E-state index contributed by atoms with van der Waals surface area (Å²) < 4.78 is 29.6. The maximum absolute atomic E-state index is 12.0. The zero-order chi connectivity index (χ0) is 11.1. The van der Waals surface area contributed by atoms with E-state index in [-0.39, 0.29) is 23.7 Å². The fourth-order valence-corrected chi connectivity index (χ4v) is 4.87. The molecule has 0 amide bonds. The first-order valence-electron chi connectivity index (χ1n) is 5.57. The van der Waals surface area contributed by atoms with E-state index in [0.717, 1.165) is 19.3 Å². The van der Waals surface area contributed by atoms with E-state index in [2.05, 4.69) is 5.32 Å². The zero-order valence-corrected chi connectivity index (χ0v) is 11.4. The molecule has 2 aliphatic rings. The van der Waals surface area contributed by atoms with Crippen LogP contribution in [-0.4, -0.2) is 37.8 Å². The van der Waals surface area contributed by atoms with Crippen molar-refractivity contribution < 1.29 is 13.2 Å². The Morgan fingerprint density at radius 2 is 2.06 bits per heavy atom. The highest BCUT2D eigenvalue weighted by Crippen LogP contribution is 2.32. The predicted molar refractivity (Wildman–Crippen MR) is 65.6 cm³/mol. The number of nitrogens with one attached hydrogen (secondary N) is 1.